The molecule has 1 amide bonds. The Morgan fingerprint density at radius 3 is 2.12 bits per heavy atom. The van der Waals surface area contributed by atoms with E-state index in [1.807, 2.05) is 0 Å². The molecule has 3 aromatic rings. The number of rotatable bonds is 4. The molecule has 1 N–H and O–H groups in total. The predicted octanol–water partition coefficient (Wildman–Crippen LogP) is 4.56. The molecule has 0 radical (unpaired) electrons. The number of nitrogens with one attached hydrogen (secondary N) is 1. The fraction of sp³-hybridized carbons (Fsp3) is 0. The summed E-state index contributed by atoms with van der Waals surface area (Å²) in [5.74, 6) is -0.859. The smallest absolute Gasteiger partial charge is 0.255 e. The van der Waals surface area contributed by atoms with Gasteiger partial charge in [-0.3, -0.25) is 4.79 Å². The molecule has 0 aromatic heterocycles. The summed E-state index contributed by atoms with van der Waals surface area (Å²) >= 11 is 5.97. The van der Waals surface area contributed by atoms with Crippen LogP contribution in [0, 0.1) is 5.82 Å². The molecular weight excluding hydrogens is 377 g/mol. The van der Waals surface area contributed by atoms with Crippen molar-refractivity contribution in [1.29, 1.82) is 0 Å². The number of hydrogen-bond acceptors (Lipinski definition) is 3. The molecule has 3 rings (SSSR count). The van der Waals surface area contributed by atoms with Crippen LogP contribution in [0.15, 0.2) is 82.6 Å². The fourth-order valence-electron chi connectivity index (χ4n) is 2.31. The third-order valence-electron chi connectivity index (χ3n) is 3.66. The molecule has 3 aromatic carbocycles. The third kappa shape index (κ3) is 3.76. The molecular formula is C19H13ClFNO3S. The zero-order valence-corrected chi connectivity index (χ0v) is 14.9. The van der Waals surface area contributed by atoms with Gasteiger partial charge in [0.25, 0.3) is 5.91 Å². The van der Waals surface area contributed by atoms with E-state index >= 15 is 0 Å². The molecule has 0 unspecified atom stereocenters. The van der Waals surface area contributed by atoms with Crippen molar-refractivity contribution in [1.82, 2.24) is 0 Å². The van der Waals surface area contributed by atoms with Crippen LogP contribution in [0.4, 0.5) is 10.1 Å². The average molecular weight is 390 g/mol. The zero-order valence-electron chi connectivity index (χ0n) is 13.3. The van der Waals surface area contributed by atoms with Crippen LogP contribution in [0.3, 0.4) is 0 Å². The highest BCUT2D eigenvalue weighted by Gasteiger charge is 2.20. The molecule has 0 aliphatic carbocycles. The first-order valence-corrected chi connectivity index (χ1v) is 9.40. The van der Waals surface area contributed by atoms with E-state index in [0.29, 0.717) is 11.3 Å². The number of anilines is 1. The number of halogens is 2. The molecule has 7 heteroatoms. The van der Waals surface area contributed by atoms with Gasteiger partial charge in [0.05, 0.1) is 14.8 Å². The average Bonchev–Trinajstić information content (AvgIpc) is 2.63. The Morgan fingerprint density at radius 2 is 1.50 bits per heavy atom. The third-order valence-corrected chi connectivity index (χ3v) is 5.92. The summed E-state index contributed by atoms with van der Waals surface area (Å²) in [5.41, 5.74) is 0.705. The minimum absolute atomic E-state index is 0.0183. The maximum Gasteiger partial charge on any atom is 0.255 e. The first kappa shape index (κ1) is 18.1. The van der Waals surface area contributed by atoms with Gasteiger partial charge in [-0.2, -0.15) is 0 Å². The quantitative estimate of drug-likeness (QED) is 0.711. The highest BCUT2D eigenvalue weighted by atomic mass is 35.5. The molecule has 0 bridgehead atoms. The molecule has 0 saturated carbocycles. The Kier molecular flexibility index (Phi) is 5.06. The summed E-state index contributed by atoms with van der Waals surface area (Å²) in [4.78, 5) is 12.2. The number of hydrogen-bond donors (Lipinski definition) is 1. The van der Waals surface area contributed by atoms with E-state index in [2.05, 4.69) is 5.32 Å². The SMILES string of the molecule is O=C(Nc1ccc(S(=O)(=O)c2ccccc2Cl)cc1)c1ccc(F)cc1. The Hall–Kier alpha value is -2.70. The van der Waals surface area contributed by atoms with Crippen LogP contribution in [0.1, 0.15) is 10.4 Å². The van der Waals surface area contributed by atoms with Crippen molar-refractivity contribution in [2.45, 2.75) is 9.79 Å². The molecule has 0 aliphatic heterocycles. The van der Waals surface area contributed by atoms with Crippen molar-refractivity contribution >= 4 is 33.0 Å². The lowest BCUT2D eigenvalue weighted by atomic mass is 10.2. The van der Waals surface area contributed by atoms with Gasteiger partial charge in [-0.15, -0.1) is 0 Å². The highest BCUT2D eigenvalue weighted by molar-refractivity contribution is 7.91. The Balaban J connectivity index is 1.81. The molecule has 0 fully saturated rings. The van der Waals surface area contributed by atoms with Gasteiger partial charge in [0.15, 0.2) is 0 Å². The number of carbonyl (C=O) groups is 1. The van der Waals surface area contributed by atoms with Crippen LogP contribution in [-0.2, 0) is 9.84 Å². The van der Waals surface area contributed by atoms with Crippen molar-refractivity contribution in [3.63, 3.8) is 0 Å². The van der Waals surface area contributed by atoms with Gasteiger partial charge >= 0.3 is 0 Å². The number of amides is 1. The number of carbonyl (C=O) groups excluding carboxylic acids is 1. The first-order valence-electron chi connectivity index (χ1n) is 7.54. The lowest BCUT2D eigenvalue weighted by Gasteiger charge is -2.09. The van der Waals surface area contributed by atoms with E-state index in [4.69, 9.17) is 11.6 Å². The Bertz CT molecular complexity index is 1050. The molecule has 0 saturated heterocycles. The van der Waals surface area contributed by atoms with Crippen molar-refractivity contribution < 1.29 is 17.6 Å². The maximum atomic E-state index is 12.9. The van der Waals surface area contributed by atoms with Gasteiger partial charge in [0.2, 0.25) is 9.84 Å². The van der Waals surface area contributed by atoms with Gasteiger partial charge < -0.3 is 5.32 Å². The molecule has 0 spiro atoms. The van der Waals surface area contributed by atoms with Crippen LogP contribution in [0.5, 0.6) is 0 Å². The molecule has 4 nitrogen and oxygen atoms in total. The number of benzene rings is 3. The normalized spacial score (nSPS) is 11.2. The van der Waals surface area contributed by atoms with Crippen LogP contribution in [0.25, 0.3) is 0 Å². The van der Waals surface area contributed by atoms with Crippen LogP contribution in [-0.4, -0.2) is 14.3 Å². The summed E-state index contributed by atoms with van der Waals surface area (Å²) < 4.78 is 38.2. The van der Waals surface area contributed by atoms with E-state index in [-0.39, 0.29) is 14.8 Å². The number of sulfone groups is 1. The molecule has 0 heterocycles. The molecule has 26 heavy (non-hydrogen) atoms. The summed E-state index contributed by atoms with van der Waals surface area (Å²) in [6.07, 6.45) is 0. The summed E-state index contributed by atoms with van der Waals surface area (Å²) in [6, 6.07) is 17.0. The topological polar surface area (TPSA) is 63.2 Å². The second kappa shape index (κ2) is 7.27. The van der Waals surface area contributed by atoms with Crippen molar-refractivity contribution in [3.05, 3.63) is 89.2 Å². The van der Waals surface area contributed by atoms with Crippen molar-refractivity contribution in [2.75, 3.05) is 5.32 Å². The van der Waals surface area contributed by atoms with Gasteiger partial charge in [-0.05, 0) is 60.7 Å². The van der Waals surface area contributed by atoms with E-state index in [0.717, 1.165) is 0 Å². The molecule has 0 aliphatic rings. The van der Waals surface area contributed by atoms with E-state index in [1.165, 1.54) is 60.7 Å². The lowest BCUT2D eigenvalue weighted by molar-refractivity contribution is 0.102. The Morgan fingerprint density at radius 1 is 0.885 bits per heavy atom. The Labute approximate surface area is 155 Å². The van der Waals surface area contributed by atoms with E-state index in [1.54, 1.807) is 12.1 Å². The fourth-order valence-corrected chi connectivity index (χ4v) is 4.08. The predicted molar refractivity (Wildman–Crippen MR) is 97.7 cm³/mol. The zero-order chi connectivity index (χ0) is 18.7. The largest absolute Gasteiger partial charge is 0.322 e. The van der Waals surface area contributed by atoms with Gasteiger partial charge in [0.1, 0.15) is 5.82 Å². The monoisotopic (exact) mass is 389 g/mol. The second-order valence-electron chi connectivity index (χ2n) is 5.42. The summed E-state index contributed by atoms with van der Waals surface area (Å²) in [5, 5.41) is 2.77. The maximum absolute atomic E-state index is 12.9. The second-order valence-corrected chi connectivity index (χ2v) is 7.74. The van der Waals surface area contributed by atoms with Gasteiger partial charge in [0, 0.05) is 11.3 Å². The standard InChI is InChI=1S/C19H13ClFNO3S/c20-17-3-1-2-4-18(17)26(24,25)16-11-9-15(10-12-16)22-19(23)13-5-7-14(21)8-6-13/h1-12H,(H,22,23). The highest BCUT2D eigenvalue weighted by Crippen LogP contribution is 2.28. The van der Waals surface area contributed by atoms with Crippen LogP contribution in [0.2, 0.25) is 5.02 Å². The summed E-state index contributed by atoms with van der Waals surface area (Å²) in [6.45, 7) is 0. The minimum Gasteiger partial charge on any atom is -0.322 e. The van der Waals surface area contributed by atoms with Crippen LogP contribution < -0.4 is 5.32 Å². The van der Waals surface area contributed by atoms with Gasteiger partial charge in [-0.25, -0.2) is 12.8 Å². The van der Waals surface area contributed by atoms with E-state index < -0.39 is 21.6 Å². The lowest BCUT2D eigenvalue weighted by Crippen LogP contribution is -2.12. The van der Waals surface area contributed by atoms with Crippen LogP contribution >= 0.6 is 11.6 Å². The molecule has 132 valence electrons. The molecule has 0 atom stereocenters. The minimum atomic E-state index is -3.76. The first-order chi connectivity index (χ1) is 12.4. The summed E-state index contributed by atoms with van der Waals surface area (Å²) in [7, 11) is -3.76. The van der Waals surface area contributed by atoms with Crippen molar-refractivity contribution in [2.24, 2.45) is 0 Å². The van der Waals surface area contributed by atoms with Gasteiger partial charge in [-0.1, -0.05) is 23.7 Å². The van der Waals surface area contributed by atoms with E-state index in [9.17, 15) is 17.6 Å². The van der Waals surface area contributed by atoms with Crippen molar-refractivity contribution in [3.8, 4) is 0 Å².